The van der Waals surface area contributed by atoms with Crippen LogP contribution in [-0.2, 0) is 11.2 Å². The van der Waals surface area contributed by atoms with Crippen molar-refractivity contribution in [3.05, 3.63) is 41.6 Å². The minimum Gasteiger partial charge on any atom is -0.309 e. The average Bonchev–Trinajstić information content (AvgIpc) is 3.06. The fourth-order valence-corrected chi connectivity index (χ4v) is 3.64. The second-order valence-electron chi connectivity index (χ2n) is 4.92. The number of hydrogen-bond donors (Lipinski definition) is 2. The normalized spacial score (nSPS) is 16.9. The number of carbonyl (C=O) groups excluding carboxylic acids is 1. The van der Waals surface area contributed by atoms with Crippen molar-refractivity contribution in [1.82, 2.24) is 10.2 Å². The maximum absolute atomic E-state index is 12.4. The third-order valence-electron chi connectivity index (χ3n) is 3.42. The minimum atomic E-state index is -0.0810. The zero-order valence-corrected chi connectivity index (χ0v) is 12.2. The van der Waals surface area contributed by atoms with Crippen LogP contribution in [0.2, 0.25) is 0 Å². The van der Waals surface area contributed by atoms with Crippen molar-refractivity contribution in [3.63, 3.8) is 0 Å². The lowest BCUT2D eigenvalue weighted by molar-refractivity contribution is -0.117. The summed E-state index contributed by atoms with van der Waals surface area (Å²) < 4.78 is 0. The molecule has 0 spiro atoms. The van der Waals surface area contributed by atoms with E-state index in [2.05, 4.69) is 28.5 Å². The number of carbonyl (C=O) groups is 1. The van der Waals surface area contributed by atoms with Crippen molar-refractivity contribution in [1.29, 1.82) is 0 Å². The zero-order valence-electron chi connectivity index (χ0n) is 11.3. The summed E-state index contributed by atoms with van der Waals surface area (Å²) in [4.78, 5) is 13.6. The van der Waals surface area contributed by atoms with E-state index in [9.17, 15) is 4.79 Å². The molecule has 3 rings (SSSR count). The lowest BCUT2D eigenvalue weighted by Gasteiger charge is -2.09. The molecule has 1 aliphatic heterocycles. The summed E-state index contributed by atoms with van der Waals surface area (Å²) >= 11 is 1.74. The van der Waals surface area contributed by atoms with E-state index in [1.807, 2.05) is 24.3 Å². The zero-order chi connectivity index (χ0) is 13.9. The first kappa shape index (κ1) is 13.2. The van der Waals surface area contributed by atoms with E-state index in [1.165, 1.54) is 4.90 Å². The number of thioether (sulfide) groups is 1. The topological polar surface area (TPSA) is 57.8 Å². The van der Waals surface area contributed by atoms with Crippen molar-refractivity contribution in [3.8, 4) is 0 Å². The summed E-state index contributed by atoms with van der Waals surface area (Å²) in [6.07, 6.45) is 2.01. The summed E-state index contributed by atoms with van der Waals surface area (Å²) in [7, 11) is 0. The second kappa shape index (κ2) is 5.71. The van der Waals surface area contributed by atoms with Gasteiger partial charge in [-0.1, -0.05) is 31.5 Å². The molecule has 1 aliphatic rings. The van der Waals surface area contributed by atoms with Crippen molar-refractivity contribution in [2.24, 2.45) is 0 Å². The Labute approximate surface area is 122 Å². The van der Waals surface area contributed by atoms with Crippen LogP contribution in [0.3, 0.4) is 0 Å². The van der Waals surface area contributed by atoms with Crippen LogP contribution in [0.5, 0.6) is 0 Å². The number of fused-ring (bicyclic) bond motifs is 1. The van der Waals surface area contributed by atoms with Gasteiger partial charge >= 0.3 is 0 Å². The lowest BCUT2D eigenvalue weighted by Crippen LogP contribution is -2.21. The van der Waals surface area contributed by atoms with E-state index >= 15 is 0 Å². The number of aromatic amines is 1. The monoisotopic (exact) mass is 287 g/mol. The van der Waals surface area contributed by atoms with Crippen molar-refractivity contribution >= 4 is 23.5 Å². The fraction of sp³-hybridized carbons (Fsp3) is 0.333. The molecule has 0 aliphatic carbocycles. The summed E-state index contributed by atoms with van der Waals surface area (Å²) in [5.74, 6) is 1.37. The Morgan fingerprint density at radius 1 is 1.50 bits per heavy atom. The van der Waals surface area contributed by atoms with Gasteiger partial charge in [-0.2, -0.15) is 5.10 Å². The predicted molar refractivity (Wildman–Crippen MR) is 81.1 cm³/mol. The molecule has 5 heteroatoms. The smallest absolute Gasteiger partial charge is 0.234 e. The van der Waals surface area contributed by atoms with Gasteiger partial charge in [-0.3, -0.25) is 9.89 Å². The molecule has 0 saturated carbocycles. The molecule has 2 N–H and O–H groups in total. The average molecular weight is 287 g/mol. The van der Waals surface area contributed by atoms with Crippen LogP contribution in [0, 0.1) is 0 Å². The molecule has 20 heavy (non-hydrogen) atoms. The highest BCUT2D eigenvalue weighted by molar-refractivity contribution is 7.99. The maximum Gasteiger partial charge on any atom is 0.234 e. The van der Waals surface area contributed by atoms with Crippen LogP contribution < -0.4 is 5.32 Å². The number of nitrogens with one attached hydrogen (secondary N) is 2. The number of benzene rings is 1. The molecule has 2 heterocycles. The molecular formula is C15H17N3OS. The van der Waals surface area contributed by atoms with E-state index < -0.39 is 0 Å². The van der Waals surface area contributed by atoms with E-state index in [-0.39, 0.29) is 11.8 Å². The number of aromatic nitrogens is 2. The second-order valence-corrected chi connectivity index (χ2v) is 5.98. The summed E-state index contributed by atoms with van der Waals surface area (Å²) in [6, 6.07) is 10.0. The number of aryl methyl sites for hydroxylation is 1. The third kappa shape index (κ3) is 2.58. The Kier molecular flexibility index (Phi) is 3.78. The Balaban J connectivity index is 1.71. The van der Waals surface area contributed by atoms with Gasteiger partial charge in [0.05, 0.1) is 5.92 Å². The van der Waals surface area contributed by atoms with Crippen LogP contribution in [0.4, 0.5) is 5.82 Å². The first-order chi connectivity index (χ1) is 9.78. The van der Waals surface area contributed by atoms with Crippen LogP contribution in [-0.4, -0.2) is 21.9 Å². The Bertz CT molecular complexity index is 623. The summed E-state index contributed by atoms with van der Waals surface area (Å²) in [5, 5.41) is 10.00. The molecule has 1 aromatic heterocycles. The van der Waals surface area contributed by atoms with Gasteiger partial charge in [-0.05, 0) is 18.1 Å². The van der Waals surface area contributed by atoms with E-state index in [1.54, 1.807) is 11.8 Å². The van der Waals surface area contributed by atoms with Gasteiger partial charge in [0, 0.05) is 22.4 Å². The first-order valence-corrected chi connectivity index (χ1v) is 7.83. The molecule has 1 atom stereocenters. The Hall–Kier alpha value is -1.75. The number of hydrogen-bond acceptors (Lipinski definition) is 3. The van der Waals surface area contributed by atoms with Crippen molar-refractivity contribution in [2.75, 3.05) is 11.1 Å². The maximum atomic E-state index is 12.4. The van der Waals surface area contributed by atoms with Gasteiger partial charge < -0.3 is 5.32 Å². The highest BCUT2D eigenvalue weighted by atomic mass is 32.2. The van der Waals surface area contributed by atoms with Crippen LogP contribution in [0.25, 0.3) is 0 Å². The standard InChI is InChI=1S/C15H17N3OS/c1-2-5-10-8-14(18-17-10)16-15(19)12-9-20-13-7-4-3-6-11(12)13/h3-4,6-8,12H,2,5,9H2,1H3,(H2,16,17,18,19). The lowest BCUT2D eigenvalue weighted by atomic mass is 10.0. The quantitative estimate of drug-likeness (QED) is 0.908. The SMILES string of the molecule is CCCc1cc(NC(=O)C2CSc3ccccc32)n[nH]1. The van der Waals surface area contributed by atoms with Crippen molar-refractivity contribution < 1.29 is 4.79 Å². The van der Waals surface area contributed by atoms with Gasteiger partial charge in [-0.15, -0.1) is 11.8 Å². The molecule has 1 amide bonds. The Morgan fingerprint density at radius 3 is 3.20 bits per heavy atom. The molecule has 2 aromatic rings. The van der Waals surface area contributed by atoms with Gasteiger partial charge in [0.1, 0.15) is 0 Å². The number of amides is 1. The minimum absolute atomic E-state index is 0.0250. The van der Waals surface area contributed by atoms with Gasteiger partial charge in [-0.25, -0.2) is 0 Å². The van der Waals surface area contributed by atoms with E-state index in [0.717, 1.165) is 29.9 Å². The number of nitrogens with zero attached hydrogens (tertiary/aromatic N) is 1. The summed E-state index contributed by atoms with van der Waals surface area (Å²) in [6.45, 7) is 2.12. The molecule has 0 saturated heterocycles. The predicted octanol–water partition coefficient (Wildman–Crippen LogP) is 3.19. The molecule has 0 fully saturated rings. The fourth-order valence-electron chi connectivity index (χ4n) is 2.42. The van der Waals surface area contributed by atoms with Crippen molar-refractivity contribution in [2.45, 2.75) is 30.6 Å². The van der Waals surface area contributed by atoms with E-state index in [4.69, 9.17) is 0 Å². The van der Waals surface area contributed by atoms with Gasteiger partial charge in [0.2, 0.25) is 5.91 Å². The van der Waals surface area contributed by atoms with E-state index in [0.29, 0.717) is 5.82 Å². The van der Waals surface area contributed by atoms with Gasteiger partial charge in [0.25, 0.3) is 0 Å². The van der Waals surface area contributed by atoms with Gasteiger partial charge in [0.15, 0.2) is 5.82 Å². The Morgan fingerprint density at radius 2 is 2.35 bits per heavy atom. The first-order valence-electron chi connectivity index (χ1n) is 6.85. The molecular weight excluding hydrogens is 270 g/mol. The number of H-pyrrole nitrogens is 1. The number of anilines is 1. The van der Waals surface area contributed by atoms with Crippen LogP contribution in [0.15, 0.2) is 35.2 Å². The highest BCUT2D eigenvalue weighted by Crippen LogP contribution is 2.39. The molecule has 1 unspecified atom stereocenters. The van der Waals surface area contributed by atoms with Crippen LogP contribution in [0.1, 0.15) is 30.5 Å². The molecule has 0 bridgehead atoms. The number of rotatable bonds is 4. The molecule has 104 valence electrons. The molecule has 1 aromatic carbocycles. The molecule has 4 nitrogen and oxygen atoms in total. The highest BCUT2D eigenvalue weighted by Gasteiger charge is 2.29. The molecule has 0 radical (unpaired) electrons. The summed E-state index contributed by atoms with van der Waals surface area (Å²) in [5.41, 5.74) is 2.18. The largest absolute Gasteiger partial charge is 0.309 e. The third-order valence-corrected chi connectivity index (χ3v) is 4.60. The van der Waals surface area contributed by atoms with Crippen LogP contribution >= 0.6 is 11.8 Å².